The highest BCUT2D eigenvalue weighted by atomic mass is 16.6. The third-order valence-electron chi connectivity index (χ3n) is 4.01. The summed E-state index contributed by atoms with van der Waals surface area (Å²) in [5.74, 6) is 0.186. The van der Waals surface area contributed by atoms with Gasteiger partial charge < -0.3 is 14.2 Å². The molecular formula is C18H25NO5. The molecule has 2 unspecified atom stereocenters. The Morgan fingerprint density at radius 3 is 2.25 bits per heavy atom. The molecule has 132 valence electrons. The monoisotopic (exact) mass is 335 g/mol. The molecule has 0 N–H and O–H groups in total. The third kappa shape index (κ3) is 3.99. The summed E-state index contributed by atoms with van der Waals surface area (Å²) in [5.41, 5.74) is 0.355. The largest absolute Gasteiger partial charge is 0.497 e. The summed E-state index contributed by atoms with van der Waals surface area (Å²) < 4.78 is 15.5. The van der Waals surface area contributed by atoms with Gasteiger partial charge in [0.05, 0.1) is 14.2 Å². The first-order valence-corrected chi connectivity index (χ1v) is 7.98. The van der Waals surface area contributed by atoms with E-state index in [4.69, 9.17) is 14.2 Å². The first-order valence-electron chi connectivity index (χ1n) is 7.98. The zero-order valence-electron chi connectivity index (χ0n) is 14.9. The molecule has 6 heteroatoms. The smallest absolute Gasteiger partial charge is 0.411 e. The predicted octanol–water partition coefficient (Wildman–Crippen LogP) is 2.96. The molecule has 1 aromatic rings. The molecule has 0 bridgehead atoms. The minimum atomic E-state index is -0.682. The first kappa shape index (κ1) is 18.1. The van der Waals surface area contributed by atoms with Gasteiger partial charge in [-0.15, -0.1) is 0 Å². The van der Waals surface area contributed by atoms with Gasteiger partial charge in [0.25, 0.3) is 0 Å². The van der Waals surface area contributed by atoms with E-state index in [0.29, 0.717) is 13.0 Å². The van der Waals surface area contributed by atoms with E-state index in [-0.39, 0.29) is 5.92 Å². The van der Waals surface area contributed by atoms with Crippen molar-refractivity contribution < 1.29 is 23.8 Å². The van der Waals surface area contributed by atoms with Crippen LogP contribution in [0, 0.1) is 0 Å². The Bertz CT molecular complexity index is 590. The number of rotatable bonds is 3. The van der Waals surface area contributed by atoms with Gasteiger partial charge in [-0.1, -0.05) is 12.1 Å². The lowest BCUT2D eigenvalue weighted by molar-refractivity contribution is -0.146. The quantitative estimate of drug-likeness (QED) is 0.795. The molecule has 1 saturated heterocycles. The minimum absolute atomic E-state index is 0.129. The van der Waals surface area contributed by atoms with Crippen molar-refractivity contribution in [3.8, 4) is 5.75 Å². The molecule has 24 heavy (non-hydrogen) atoms. The highest BCUT2D eigenvalue weighted by Crippen LogP contribution is 2.35. The Kier molecular flexibility index (Phi) is 5.36. The average molecular weight is 335 g/mol. The number of hydrogen-bond donors (Lipinski definition) is 0. The van der Waals surface area contributed by atoms with E-state index in [9.17, 15) is 9.59 Å². The normalized spacial score (nSPS) is 20.6. The van der Waals surface area contributed by atoms with Crippen LogP contribution in [0.25, 0.3) is 0 Å². The van der Waals surface area contributed by atoms with Gasteiger partial charge >= 0.3 is 12.1 Å². The molecule has 0 radical (unpaired) electrons. The standard InChI is InChI=1S/C18H25NO5/c1-18(2,3)24-17(21)19-11-10-14(15(19)16(20)23-5)12-6-8-13(22-4)9-7-12/h6-9,14-15H,10-11H2,1-5H3. The van der Waals surface area contributed by atoms with Crippen molar-refractivity contribution in [2.45, 2.75) is 44.8 Å². The maximum Gasteiger partial charge on any atom is 0.411 e. The topological polar surface area (TPSA) is 65.1 Å². The van der Waals surface area contributed by atoms with Crippen LogP contribution in [0.1, 0.15) is 38.7 Å². The number of likely N-dealkylation sites (tertiary alicyclic amines) is 1. The van der Waals surface area contributed by atoms with E-state index in [1.165, 1.54) is 12.0 Å². The Morgan fingerprint density at radius 2 is 1.75 bits per heavy atom. The Hall–Kier alpha value is -2.24. The molecule has 0 aromatic heterocycles. The molecule has 1 aromatic carbocycles. The fraction of sp³-hybridized carbons (Fsp3) is 0.556. The second kappa shape index (κ2) is 7.11. The Balaban J connectivity index is 2.25. The van der Waals surface area contributed by atoms with Crippen LogP contribution in [0.15, 0.2) is 24.3 Å². The number of ether oxygens (including phenoxy) is 3. The van der Waals surface area contributed by atoms with E-state index < -0.39 is 23.7 Å². The summed E-state index contributed by atoms with van der Waals surface area (Å²) in [6, 6.07) is 6.84. The summed E-state index contributed by atoms with van der Waals surface area (Å²) in [6.45, 7) is 5.85. The molecule has 0 saturated carbocycles. The van der Waals surface area contributed by atoms with Crippen LogP contribution in [0.5, 0.6) is 5.75 Å². The lowest BCUT2D eigenvalue weighted by Crippen LogP contribution is -2.45. The summed E-state index contributed by atoms with van der Waals surface area (Å²) in [4.78, 5) is 26.2. The zero-order valence-corrected chi connectivity index (χ0v) is 14.9. The lowest BCUT2D eigenvalue weighted by atomic mass is 9.91. The lowest BCUT2D eigenvalue weighted by Gasteiger charge is -2.29. The molecule has 2 rings (SSSR count). The summed E-state index contributed by atoms with van der Waals surface area (Å²) in [6.07, 6.45) is 0.180. The van der Waals surface area contributed by atoms with Crippen molar-refractivity contribution in [1.29, 1.82) is 0 Å². The highest BCUT2D eigenvalue weighted by Gasteiger charge is 2.44. The second-order valence-electron chi connectivity index (χ2n) is 6.81. The SMILES string of the molecule is COC(=O)C1C(c2ccc(OC)cc2)CCN1C(=O)OC(C)(C)C. The van der Waals surface area contributed by atoms with Crippen LogP contribution >= 0.6 is 0 Å². The van der Waals surface area contributed by atoms with Crippen molar-refractivity contribution in [2.24, 2.45) is 0 Å². The number of methoxy groups -OCH3 is 2. The predicted molar refractivity (Wildman–Crippen MR) is 89.1 cm³/mol. The van der Waals surface area contributed by atoms with Crippen LogP contribution in [-0.4, -0.2) is 49.4 Å². The maximum atomic E-state index is 12.4. The van der Waals surface area contributed by atoms with E-state index in [2.05, 4.69) is 0 Å². The van der Waals surface area contributed by atoms with E-state index in [0.717, 1.165) is 11.3 Å². The van der Waals surface area contributed by atoms with E-state index in [1.807, 2.05) is 24.3 Å². The van der Waals surface area contributed by atoms with Crippen molar-refractivity contribution in [3.63, 3.8) is 0 Å². The minimum Gasteiger partial charge on any atom is -0.497 e. The number of esters is 1. The average Bonchev–Trinajstić information content (AvgIpc) is 2.97. The van der Waals surface area contributed by atoms with E-state index >= 15 is 0 Å². The van der Waals surface area contributed by atoms with Gasteiger partial charge in [-0.05, 0) is 44.9 Å². The highest BCUT2D eigenvalue weighted by molar-refractivity contribution is 5.83. The zero-order chi connectivity index (χ0) is 17.9. The third-order valence-corrected chi connectivity index (χ3v) is 4.01. The van der Waals surface area contributed by atoms with Crippen LogP contribution in [0.2, 0.25) is 0 Å². The van der Waals surface area contributed by atoms with Crippen LogP contribution in [0.4, 0.5) is 4.79 Å². The van der Waals surface area contributed by atoms with Gasteiger partial charge in [-0.25, -0.2) is 9.59 Å². The molecule has 1 amide bonds. The van der Waals surface area contributed by atoms with Crippen molar-refractivity contribution in [3.05, 3.63) is 29.8 Å². The molecular weight excluding hydrogens is 310 g/mol. The molecule has 6 nitrogen and oxygen atoms in total. The molecule has 1 aliphatic rings. The number of hydrogen-bond acceptors (Lipinski definition) is 5. The van der Waals surface area contributed by atoms with E-state index in [1.54, 1.807) is 27.9 Å². The summed E-state index contributed by atoms with van der Waals surface area (Å²) in [7, 11) is 2.94. The summed E-state index contributed by atoms with van der Waals surface area (Å²) >= 11 is 0. The second-order valence-corrected chi connectivity index (χ2v) is 6.81. The van der Waals surface area contributed by atoms with Gasteiger partial charge in [0.15, 0.2) is 0 Å². The van der Waals surface area contributed by atoms with Gasteiger partial charge in [0.1, 0.15) is 17.4 Å². The number of nitrogens with zero attached hydrogens (tertiary/aromatic N) is 1. The van der Waals surface area contributed by atoms with Gasteiger partial charge in [0.2, 0.25) is 0 Å². The fourth-order valence-electron chi connectivity index (χ4n) is 2.93. The molecule has 2 atom stereocenters. The van der Waals surface area contributed by atoms with Crippen LogP contribution in [-0.2, 0) is 14.3 Å². The number of carbonyl (C=O) groups is 2. The van der Waals surface area contributed by atoms with Gasteiger partial charge in [-0.3, -0.25) is 4.90 Å². The van der Waals surface area contributed by atoms with Gasteiger partial charge in [0, 0.05) is 12.5 Å². The number of carbonyl (C=O) groups excluding carboxylic acids is 2. The Labute approximate surface area is 142 Å². The fourth-order valence-corrected chi connectivity index (χ4v) is 2.93. The number of amides is 1. The molecule has 0 aliphatic carbocycles. The maximum absolute atomic E-state index is 12.4. The molecule has 1 heterocycles. The molecule has 1 fully saturated rings. The summed E-state index contributed by atoms with van der Waals surface area (Å²) in [5, 5.41) is 0. The van der Waals surface area contributed by atoms with Gasteiger partial charge in [-0.2, -0.15) is 0 Å². The van der Waals surface area contributed by atoms with Crippen molar-refractivity contribution in [1.82, 2.24) is 4.90 Å². The first-order chi connectivity index (χ1) is 11.3. The number of benzene rings is 1. The molecule has 1 aliphatic heterocycles. The Morgan fingerprint density at radius 1 is 1.12 bits per heavy atom. The van der Waals surface area contributed by atoms with Crippen molar-refractivity contribution in [2.75, 3.05) is 20.8 Å². The van der Waals surface area contributed by atoms with Crippen molar-refractivity contribution >= 4 is 12.1 Å². The molecule has 0 spiro atoms. The van der Waals surface area contributed by atoms with Crippen LogP contribution in [0.3, 0.4) is 0 Å². The van der Waals surface area contributed by atoms with Crippen LogP contribution < -0.4 is 4.74 Å².